The van der Waals surface area contributed by atoms with E-state index >= 15 is 0 Å². The van der Waals surface area contributed by atoms with E-state index in [0.717, 1.165) is 38.6 Å². The average Bonchev–Trinajstić information content (AvgIpc) is 3.44. The first kappa shape index (κ1) is 19.1. The standard InChI is InChI=1S/C23H28N6/c1-24-23(27-21-11-14-28(18-21)22-9-3-2-4-10-22)25-16-19-7-5-8-20(15-19)17-29-13-6-12-26-29/h2-10,12-13,15,21H,11,14,16-18H2,1H3,(H2,24,25,27). The smallest absolute Gasteiger partial charge is 0.191 e. The number of guanidine groups is 1. The van der Waals surface area contributed by atoms with E-state index in [1.165, 1.54) is 16.8 Å². The van der Waals surface area contributed by atoms with E-state index in [-0.39, 0.29) is 0 Å². The highest BCUT2D eigenvalue weighted by atomic mass is 15.3. The maximum atomic E-state index is 4.41. The molecule has 6 nitrogen and oxygen atoms in total. The summed E-state index contributed by atoms with van der Waals surface area (Å²) in [7, 11) is 1.83. The second-order valence-electron chi connectivity index (χ2n) is 7.36. The fraction of sp³-hybridized carbons (Fsp3) is 0.304. The lowest BCUT2D eigenvalue weighted by Gasteiger charge is -2.20. The van der Waals surface area contributed by atoms with E-state index in [1.54, 1.807) is 0 Å². The highest BCUT2D eigenvalue weighted by Crippen LogP contribution is 2.19. The van der Waals surface area contributed by atoms with Gasteiger partial charge in [-0.2, -0.15) is 5.10 Å². The third kappa shape index (κ3) is 5.16. The van der Waals surface area contributed by atoms with Crippen LogP contribution in [0.1, 0.15) is 17.5 Å². The first-order valence-electron chi connectivity index (χ1n) is 10.1. The van der Waals surface area contributed by atoms with Crippen LogP contribution in [-0.4, -0.2) is 41.9 Å². The summed E-state index contributed by atoms with van der Waals surface area (Å²) < 4.78 is 1.94. The van der Waals surface area contributed by atoms with E-state index in [9.17, 15) is 0 Å². The highest BCUT2D eigenvalue weighted by Gasteiger charge is 2.23. The molecule has 1 fully saturated rings. The van der Waals surface area contributed by atoms with Crippen molar-refractivity contribution >= 4 is 11.6 Å². The zero-order chi connectivity index (χ0) is 19.9. The summed E-state index contributed by atoms with van der Waals surface area (Å²) in [6, 6.07) is 21.5. The van der Waals surface area contributed by atoms with Crippen molar-refractivity contribution in [2.75, 3.05) is 25.0 Å². The summed E-state index contributed by atoms with van der Waals surface area (Å²) in [5.41, 5.74) is 3.76. The Morgan fingerprint density at radius 2 is 1.97 bits per heavy atom. The molecule has 1 saturated heterocycles. The number of rotatable bonds is 6. The Morgan fingerprint density at radius 1 is 1.10 bits per heavy atom. The summed E-state index contributed by atoms with van der Waals surface area (Å²) in [4.78, 5) is 6.83. The van der Waals surface area contributed by atoms with Crippen LogP contribution in [0, 0.1) is 0 Å². The van der Waals surface area contributed by atoms with Crippen LogP contribution in [0.25, 0.3) is 0 Å². The average molecular weight is 389 g/mol. The van der Waals surface area contributed by atoms with E-state index in [2.05, 4.69) is 80.2 Å². The minimum atomic E-state index is 0.396. The number of hydrogen-bond donors (Lipinski definition) is 2. The highest BCUT2D eigenvalue weighted by molar-refractivity contribution is 5.80. The van der Waals surface area contributed by atoms with Crippen molar-refractivity contribution in [3.05, 3.63) is 84.2 Å². The molecule has 150 valence electrons. The Morgan fingerprint density at radius 3 is 2.76 bits per heavy atom. The molecule has 1 aliphatic heterocycles. The summed E-state index contributed by atoms with van der Waals surface area (Å²) in [6.45, 7) is 3.57. The molecule has 2 aromatic carbocycles. The van der Waals surface area contributed by atoms with Gasteiger partial charge in [-0.15, -0.1) is 0 Å². The molecule has 1 aromatic heterocycles. The maximum Gasteiger partial charge on any atom is 0.191 e. The lowest BCUT2D eigenvalue weighted by Crippen LogP contribution is -2.44. The number of benzene rings is 2. The molecule has 1 atom stereocenters. The summed E-state index contributed by atoms with van der Waals surface area (Å²) >= 11 is 0. The SMILES string of the molecule is CN=C(NCc1cccc(Cn2cccn2)c1)NC1CCN(c2ccccc2)C1. The van der Waals surface area contributed by atoms with Crippen molar-refractivity contribution in [1.82, 2.24) is 20.4 Å². The first-order valence-corrected chi connectivity index (χ1v) is 10.1. The fourth-order valence-electron chi connectivity index (χ4n) is 3.74. The van der Waals surface area contributed by atoms with Crippen LogP contribution in [0.3, 0.4) is 0 Å². The molecular weight excluding hydrogens is 360 g/mol. The lowest BCUT2D eigenvalue weighted by atomic mass is 10.1. The second-order valence-corrected chi connectivity index (χ2v) is 7.36. The Labute approximate surface area is 172 Å². The van der Waals surface area contributed by atoms with Crippen LogP contribution >= 0.6 is 0 Å². The van der Waals surface area contributed by atoms with E-state index in [1.807, 2.05) is 30.2 Å². The molecule has 29 heavy (non-hydrogen) atoms. The molecule has 0 aliphatic carbocycles. The maximum absolute atomic E-state index is 4.41. The van der Waals surface area contributed by atoms with E-state index in [4.69, 9.17) is 0 Å². The number of hydrogen-bond acceptors (Lipinski definition) is 3. The molecule has 1 unspecified atom stereocenters. The Balaban J connectivity index is 1.29. The van der Waals surface area contributed by atoms with Gasteiger partial charge in [-0.3, -0.25) is 9.67 Å². The predicted octanol–water partition coefficient (Wildman–Crippen LogP) is 2.88. The van der Waals surface area contributed by atoms with Gasteiger partial charge >= 0.3 is 0 Å². The fourth-order valence-corrected chi connectivity index (χ4v) is 3.74. The molecule has 2 heterocycles. The third-order valence-electron chi connectivity index (χ3n) is 5.23. The van der Waals surface area contributed by atoms with Crippen LogP contribution < -0.4 is 15.5 Å². The Kier molecular flexibility index (Phi) is 6.10. The van der Waals surface area contributed by atoms with Crippen molar-refractivity contribution in [1.29, 1.82) is 0 Å². The minimum absolute atomic E-state index is 0.396. The topological polar surface area (TPSA) is 57.5 Å². The van der Waals surface area contributed by atoms with Crippen LogP contribution in [-0.2, 0) is 13.1 Å². The lowest BCUT2D eigenvalue weighted by molar-refractivity contribution is 0.648. The summed E-state index contributed by atoms with van der Waals surface area (Å²) in [5, 5.41) is 11.3. The van der Waals surface area contributed by atoms with Crippen molar-refractivity contribution in [2.24, 2.45) is 4.99 Å². The van der Waals surface area contributed by atoms with E-state index < -0.39 is 0 Å². The van der Waals surface area contributed by atoms with Gasteiger partial charge in [0, 0.05) is 50.8 Å². The Bertz CT molecular complexity index is 920. The molecule has 0 bridgehead atoms. The van der Waals surface area contributed by atoms with Crippen molar-refractivity contribution in [3.63, 3.8) is 0 Å². The molecule has 1 aliphatic rings. The van der Waals surface area contributed by atoms with Gasteiger partial charge < -0.3 is 15.5 Å². The van der Waals surface area contributed by atoms with Gasteiger partial charge in [-0.25, -0.2) is 0 Å². The predicted molar refractivity (Wildman–Crippen MR) is 118 cm³/mol. The number of aliphatic imine (C=N–C) groups is 1. The van der Waals surface area contributed by atoms with E-state index in [0.29, 0.717) is 6.04 Å². The second kappa shape index (κ2) is 9.28. The van der Waals surface area contributed by atoms with Crippen LogP contribution in [0.2, 0.25) is 0 Å². The molecule has 0 radical (unpaired) electrons. The number of nitrogens with zero attached hydrogens (tertiary/aromatic N) is 4. The van der Waals surface area contributed by atoms with Crippen LogP contribution in [0.5, 0.6) is 0 Å². The van der Waals surface area contributed by atoms with Gasteiger partial charge in [0.1, 0.15) is 0 Å². The van der Waals surface area contributed by atoms with Crippen LogP contribution in [0.15, 0.2) is 78.0 Å². The Hall–Kier alpha value is -3.28. The summed E-state index contributed by atoms with van der Waals surface area (Å²) in [6.07, 6.45) is 4.90. The van der Waals surface area contributed by atoms with Gasteiger partial charge in [0.2, 0.25) is 0 Å². The number of anilines is 1. The molecule has 0 amide bonds. The quantitative estimate of drug-likeness (QED) is 0.504. The number of nitrogens with one attached hydrogen (secondary N) is 2. The van der Waals surface area contributed by atoms with Crippen molar-refractivity contribution < 1.29 is 0 Å². The molecule has 0 spiro atoms. The molecule has 6 heteroatoms. The van der Waals surface area contributed by atoms with Gasteiger partial charge in [-0.1, -0.05) is 42.5 Å². The van der Waals surface area contributed by atoms with Crippen molar-refractivity contribution in [3.8, 4) is 0 Å². The number of aromatic nitrogens is 2. The third-order valence-corrected chi connectivity index (χ3v) is 5.23. The van der Waals surface area contributed by atoms with Gasteiger partial charge in [-0.05, 0) is 35.7 Å². The van der Waals surface area contributed by atoms with Gasteiger partial charge in [0.05, 0.1) is 6.54 Å². The molecule has 4 rings (SSSR count). The monoisotopic (exact) mass is 388 g/mol. The zero-order valence-corrected chi connectivity index (χ0v) is 16.8. The zero-order valence-electron chi connectivity index (χ0n) is 16.8. The first-order chi connectivity index (χ1) is 14.3. The van der Waals surface area contributed by atoms with Gasteiger partial charge in [0.15, 0.2) is 5.96 Å². The van der Waals surface area contributed by atoms with Crippen LogP contribution in [0.4, 0.5) is 5.69 Å². The minimum Gasteiger partial charge on any atom is -0.369 e. The normalized spacial score (nSPS) is 16.8. The summed E-state index contributed by atoms with van der Waals surface area (Å²) in [5.74, 6) is 0.849. The molecular formula is C23H28N6. The molecule has 3 aromatic rings. The largest absolute Gasteiger partial charge is 0.369 e. The number of para-hydroxylation sites is 1. The van der Waals surface area contributed by atoms with Gasteiger partial charge in [0.25, 0.3) is 0 Å². The molecule has 0 saturated carbocycles. The van der Waals surface area contributed by atoms with Crippen molar-refractivity contribution in [2.45, 2.75) is 25.6 Å². The molecule has 2 N–H and O–H groups in total.